The van der Waals surface area contributed by atoms with Crippen LogP contribution in [0.15, 0.2) is 11.6 Å². The van der Waals surface area contributed by atoms with E-state index >= 15 is 0 Å². The van der Waals surface area contributed by atoms with Crippen LogP contribution in [0.25, 0.3) is 0 Å². The summed E-state index contributed by atoms with van der Waals surface area (Å²) < 4.78 is 0. The maximum absolute atomic E-state index is 11.6. The van der Waals surface area contributed by atoms with Crippen molar-refractivity contribution in [3.63, 3.8) is 0 Å². The van der Waals surface area contributed by atoms with Gasteiger partial charge in [0.15, 0.2) is 0 Å². The standard InChI is InChI=1S/C19H30O3/c1-17(16(21)22)10-7-14-13(11-17)5-6-15-18(2,12-20)8-4-9-19(14,15)3/h11,14-15,20H,4-10,12H2,1-3H3,(H,21,22). The summed E-state index contributed by atoms with van der Waals surface area (Å²) in [6.07, 6.45) is 9.47. The van der Waals surface area contributed by atoms with Crippen LogP contribution in [-0.4, -0.2) is 22.8 Å². The highest BCUT2D eigenvalue weighted by atomic mass is 16.4. The van der Waals surface area contributed by atoms with Crippen LogP contribution < -0.4 is 0 Å². The molecule has 0 saturated heterocycles. The van der Waals surface area contributed by atoms with Crippen molar-refractivity contribution in [2.45, 2.75) is 65.7 Å². The summed E-state index contributed by atoms with van der Waals surface area (Å²) in [5.74, 6) is 0.398. The van der Waals surface area contributed by atoms with E-state index in [0.717, 1.165) is 32.1 Å². The van der Waals surface area contributed by atoms with E-state index in [1.165, 1.54) is 18.4 Å². The lowest BCUT2D eigenvalue weighted by Crippen LogP contribution is -2.53. The van der Waals surface area contributed by atoms with E-state index in [0.29, 0.717) is 11.8 Å². The third kappa shape index (κ3) is 2.16. The number of carboxylic acids is 1. The van der Waals surface area contributed by atoms with E-state index in [1.807, 2.05) is 6.92 Å². The molecule has 3 aliphatic rings. The average Bonchev–Trinajstić information content (AvgIpc) is 2.46. The van der Waals surface area contributed by atoms with Gasteiger partial charge >= 0.3 is 5.97 Å². The minimum Gasteiger partial charge on any atom is -0.481 e. The van der Waals surface area contributed by atoms with Gasteiger partial charge in [0, 0.05) is 6.61 Å². The fraction of sp³-hybridized carbons (Fsp3) is 0.842. The molecule has 3 aliphatic carbocycles. The Labute approximate surface area is 133 Å². The first-order valence-corrected chi connectivity index (χ1v) is 8.81. The quantitative estimate of drug-likeness (QED) is 0.758. The molecule has 0 bridgehead atoms. The monoisotopic (exact) mass is 306 g/mol. The largest absolute Gasteiger partial charge is 0.481 e. The number of rotatable bonds is 2. The first kappa shape index (κ1) is 16.0. The summed E-state index contributed by atoms with van der Waals surface area (Å²) in [5, 5.41) is 19.5. The number of allylic oxidation sites excluding steroid dienone is 1. The van der Waals surface area contributed by atoms with Crippen molar-refractivity contribution in [2.75, 3.05) is 6.61 Å². The third-order valence-corrected chi connectivity index (χ3v) is 7.37. The molecular formula is C19H30O3. The minimum atomic E-state index is -0.686. The van der Waals surface area contributed by atoms with Crippen LogP contribution in [0.5, 0.6) is 0 Å². The Morgan fingerprint density at radius 1 is 1.23 bits per heavy atom. The molecule has 22 heavy (non-hydrogen) atoms. The van der Waals surface area contributed by atoms with Crippen LogP contribution in [0.4, 0.5) is 0 Å². The first-order chi connectivity index (χ1) is 10.3. The van der Waals surface area contributed by atoms with E-state index in [9.17, 15) is 15.0 Å². The molecule has 0 aromatic rings. The third-order valence-electron chi connectivity index (χ3n) is 7.37. The number of carboxylic acid groups (broad SMARTS) is 1. The topological polar surface area (TPSA) is 57.5 Å². The van der Waals surface area contributed by atoms with Crippen molar-refractivity contribution in [1.82, 2.24) is 0 Å². The fourth-order valence-electron chi connectivity index (χ4n) is 5.99. The van der Waals surface area contributed by atoms with Gasteiger partial charge < -0.3 is 10.2 Å². The summed E-state index contributed by atoms with van der Waals surface area (Å²) >= 11 is 0. The Hall–Kier alpha value is -0.830. The summed E-state index contributed by atoms with van der Waals surface area (Å²) in [6, 6.07) is 0. The number of fused-ring (bicyclic) bond motifs is 3. The maximum atomic E-state index is 11.6. The normalized spacial score (nSPS) is 48.1. The molecule has 124 valence electrons. The molecule has 3 heteroatoms. The second-order valence-corrected chi connectivity index (χ2v) is 8.80. The van der Waals surface area contributed by atoms with Crippen molar-refractivity contribution < 1.29 is 15.0 Å². The summed E-state index contributed by atoms with van der Waals surface area (Å²) in [7, 11) is 0. The summed E-state index contributed by atoms with van der Waals surface area (Å²) in [5.41, 5.74) is 0.993. The molecule has 2 N–H and O–H groups in total. The van der Waals surface area contributed by atoms with Gasteiger partial charge in [-0.15, -0.1) is 0 Å². The Kier molecular flexibility index (Phi) is 3.71. The molecule has 0 radical (unpaired) electrons. The van der Waals surface area contributed by atoms with Crippen LogP contribution >= 0.6 is 0 Å². The second-order valence-electron chi connectivity index (χ2n) is 8.80. The lowest BCUT2D eigenvalue weighted by Gasteiger charge is -2.59. The molecule has 2 saturated carbocycles. The zero-order chi connectivity index (χ0) is 16.2. The zero-order valence-electron chi connectivity index (χ0n) is 14.2. The van der Waals surface area contributed by atoms with E-state index in [1.54, 1.807) is 0 Å². The van der Waals surface area contributed by atoms with Crippen LogP contribution in [0.3, 0.4) is 0 Å². The van der Waals surface area contributed by atoms with Crippen LogP contribution in [-0.2, 0) is 4.79 Å². The number of aliphatic hydroxyl groups is 1. The van der Waals surface area contributed by atoms with Crippen molar-refractivity contribution in [2.24, 2.45) is 28.1 Å². The Balaban J connectivity index is 1.96. The smallest absolute Gasteiger partial charge is 0.313 e. The molecule has 3 rings (SSSR count). The zero-order valence-corrected chi connectivity index (χ0v) is 14.2. The molecule has 3 nitrogen and oxygen atoms in total. The SMILES string of the molecule is CC1(C(=O)O)C=C2CCC3C(C)(CO)CCCC3(C)C2CC1. The predicted octanol–water partition coefficient (Wildman–Crippen LogP) is 4.01. The van der Waals surface area contributed by atoms with Crippen molar-refractivity contribution in [3.05, 3.63) is 11.6 Å². The van der Waals surface area contributed by atoms with Gasteiger partial charge in [-0.2, -0.15) is 0 Å². The number of aliphatic carboxylic acids is 1. The highest BCUT2D eigenvalue weighted by Crippen LogP contribution is 2.63. The van der Waals surface area contributed by atoms with Gasteiger partial charge in [-0.05, 0) is 68.1 Å². The van der Waals surface area contributed by atoms with Crippen molar-refractivity contribution >= 4 is 5.97 Å². The molecule has 0 spiro atoms. The van der Waals surface area contributed by atoms with Crippen LogP contribution in [0.1, 0.15) is 65.7 Å². The van der Waals surface area contributed by atoms with Gasteiger partial charge in [0.05, 0.1) is 5.41 Å². The molecule has 0 aromatic carbocycles. The molecule has 0 heterocycles. The highest BCUT2D eigenvalue weighted by molar-refractivity contribution is 5.77. The Bertz CT molecular complexity index is 511. The van der Waals surface area contributed by atoms with E-state index in [4.69, 9.17) is 0 Å². The Morgan fingerprint density at radius 2 is 1.95 bits per heavy atom. The number of carbonyl (C=O) groups is 1. The molecule has 0 aromatic heterocycles. The first-order valence-electron chi connectivity index (χ1n) is 8.81. The van der Waals surface area contributed by atoms with Crippen molar-refractivity contribution in [1.29, 1.82) is 0 Å². The molecule has 2 fully saturated rings. The number of aliphatic hydroxyl groups excluding tert-OH is 1. The van der Waals surface area contributed by atoms with Gasteiger partial charge in [-0.3, -0.25) is 4.79 Å². The maximum Gasteiger partial charge on any atom is 0.313 e. The van der Waals surface area contributed by atoms with E-state index in [2.05, 4.69) is 19.9 Å². The van der Waals surface area contributed by atoms with Crippen molar-refractivity contribution in [3.8, 4) is 0 Å². The van der Waals surface area contributed by atoms with E-state index < -0.39 is 11.4 Å². The number of hydrogen-bond donors (Lipinski definition) is 2. The molecule has 0 amide bonds. The molecular weight excluding hydrogens is 276 g/mol. The van der Waals surface area contributed by atoms with Gasteiger partial charge in [-0.25, -0.2) is 0 Å². The fourth-order valence-corrected chi connectivity index (χ4v) is 5.99. The van der Waals surface area contributed by atoms with Gasteiger partial charge in [0.25, 0.3) is 0 Å². The summed E-state index contributed by atoms with van der Waals surface area (Å²) in [6.45, 7) is 6.82. The second kappa shape index (κ2) is 5.09. The average molecular weight is 306 g/mol. The van der Waals surface area contributed by atoms with Gasteiger partial charge in [0.1, 0.15) is 0 Å². The molecule has 5 unspecified atom stereocenters. The summed E-state index contributed by atoms with van der Waals surface area (Å²) in [4.78, 5) is 11.6. The molecule has 5 atom stereocenters. The lowest BCUT2D eigenvalue weighted by atomic mass is 9.45. The lowest BCUT2D eigenvalue weighted by molar-refractivity contribution is -0.147. The molecule has 0 aliphatic heterocycles. The van der Waals surface area contributed by atoms with Gasteiger partial charge in [0.2, 0.25) is 0 Å². The van der Waals surface area contributed by atoms with Crippen LogP contribution in [0.2, 0.25) is 0 Å². The number of hydrogen-bond acceptors (Lipinski definition) is 2. The van der Waals surface area contributed by atoms with Gasteiger partial charge in [-0.1, -0.05) is 31.9 Å². The Morgan fingerprint density at radius 3 is 2.59 bits per heavy atom. The highest BCUT2D eigenvalue weighted by Gasteiger charge is 2.56. The van der Waals surface area contributed by atoms with Crippen LogP contribution in [0, 0.1) is 28.1 Å². The minimum absolute atomic E-state index is 0.0477. The predicted molar refractivity (Wildman–Crippen MR) is 86.4 cm³/mol. The van der Waals surface area contributed by atoms with E-state index in [-0.39, 0.29) is 17.4 Å².